The largest absolute Gasteiger partial charge is 0.475 e. The Kier molecular flexibility index (Phi) is 3.34. The van der Waals surface area contributed by atoms with Crippen LogP contribution >= 0.6 is 0 Å². The van der Waals surface area contributed by atoms with E-state index in [1.165, 1.54) is 0 Å². The third-order valence-corrected chi connectivity index (χ3v) is 3.93. The molecule has 0 saturated heterocycles. The Morgan fingerprint density at radius 3 is 2.62 bits per heavy atom. The van der Waals surface area contributed by atoms with Gasteiger partial charge in [0.2, 0.25) is 20.7 Å². The number of hydrogen-bond donors (Lipinski definition) is 1. The zero-order valence-corrected chi connectivity index (χ0v) is 9.19. The van der Waals surface area contributed by atoms with Crippen LogP contribution in [-0.4, -0.2) is 24.7 Å². The molecule has 7 heteroatoms. The van der Waals surface area contributed by atoms with Crippen molar-refractivity contribution in [2.24, 2.45) is 0 Å². The van der Waals surface area contributed by atoms with Crippen LogP contribution in [0.4, 0.5) is 0 Å². The molecule has 0 aliphatic heterocycles. The van der Waals surface area contributed by atoms with Crippen molar-refractivity contribution in [2.75, 3.05) is 0 Å². The minimum absolute atomic E-state index is 0.113. The summed E-state index contributed by atoms with van der Waals surface area (Å²) in [7, 11) is -3.90. The third-order valence-electron chi connectivity index (χ3n) is 1.96. The lowest BCUT2D eigenvalue weighted by Crippen LogP contribution is -2.18. The van der Waals surface area contributed by atoms with E-state index in [4.69, 9.17) is 10.4 Å². The van der Waals surface area contributed by atoms with Gasteiger partial charge in [0.05, 0.1) is 6.07 Å². The second-order valence-corrected chi connectivity index (χ2v) is 5.06. The smallest absolute Gasteiger partial charge is 0.371 e. The normalized spacial score (nSPS) is 13.0. The molecule has 1 aromatic rings. The fourth-order valence-corrected chi connectivity index (χ4v) is 2.43. The molecule has 0 spiro atoms. The zero-order valence-electron chi connectivity index (χ0n) is 8.37. The van der Waals surface area contributed by atoms with Gasteiger partial charge in [0, 0.05) is 0 Å². The lowest BCUT2D eigenvalue weighted by Gasteiger charge is -2.04. The summed E-state index contributed by atoms with van der Waals surface area (Å²) < 4.78 is 28.1. The number of sulfone groups is 1. The maximum Gasteiger partial charge on any atom is 0.371 e. The molecule has 1 aromatic heterocycles. The van der Waals surface area contributed by atoms with E-state index in [1.807, 2.05) is 0 Å². The van der Waals surface area contributed by atoms with Gasteiger partial charge in [-0.1, -0.05) is 6.92 Å². The number of nitriles is 1. The van der Waals surface area contributed by atoms with E-state index >= 15 is 0 Å². The van der Waals surface area contributed by atoms with Gasteiger partial charge in [-0.05, 0) is 18.6 Å². The molecule has 0 amide bonds. The molecule has 0 aliphatic carbocycles. The van der Waals surface area contributed by atoms with Crippen LogP contribution in [-0.2, 0) is 9.84 Å². The number of furan rings is 1. The Balaban J connectivity index is 3.18. The number of carboxylic acids is 1. The van der Waals surface area contributed by atoms with Crippen molar-refractivity contribution in [1.82, 2.24) is 0 Å². The number of carbonyl (C=O) groups is 1. The minimum Gasteiger partial charge on any atom is -0.475 e. The molecule has 0 aliphatic rings. The first kappa shape index (κ1) is 12.3. The van der Waals surface area contributed by atoms with Gasteiger partial charge in [0.25, 0.3) is 0 Å². The summed E-state index contributed by atoms with van der Waals surface area (Å²) in [6.45, 7) is 1.55. The van der Waals surface area contributed by atoms with Gasteiger partial charge in [-0.15, -0.1) is 0 Å². The predicted octanol–water partition coefficient (Wildman–Crippen LogP) is 1.05. The summed E-state index contributed by atoms with van der Waals surface area (Å²) in [6, 6.07) is 3.72. The maximum absolute atomic E-state index is 11.7. The average Bonchev–Trinajstić information content (AvgIpc) is 2.68. The molecular formula is C9H9NO5S. The zero-order chi connectivity index (χ0) is 12.3. The van der Waals surface area contributed by atoms with Gasteiger partial charge < -0.3 is 9.52 Å². The monoisotopic (exact) mass is 243 g/mol. The summed E-state index contributed by atoms with van der Waals surface area (Å²) in [6.07, 6.45) is 0.113. The van der Waals surface area contributed by atoms with E-state index in [-0.39, 0.29) is 6.42 Å². The fourth-order valence-electron chi connectivity index (χ4n) is 1.11. The summed E-state index contributed by atoms with van der Waals surface area (Å²) in [5, 5.41) is 15.5. The van der Waals surface area contributed by atoms with Gasteiger partial charge in [0.15, 0.2) is 5.25 Å². The number of nitrogens with zero attached hydrogens (tertiary/aromatic N) is 1. The quantitative estimate of drug-likeness (QED) is 0.846. The highest BCUT2D eigenvalue weighted by molar-refractivity contribution is 7.92. The van der Waals surface area contributed by atoms with Crippen molar-refractivity contribution in [3.8, 4) is 6.07 Å². The molecule has 0 aromatic carbocycles. The number of carboxylic acid groups (broad SMARTS) is 1. The van der Waals surface area contributed by atoms with Crippen molar-refractivity contribution < 1.29 is 22.7 Å². The van der Waals surface area contributed by atoms with E-state index in [9.17, 15) is 13.2 Å². The van der Waals surface area contributed by atoms with E-state index in [0.717, 1.165) is 12.1 Å². The molecule has 86 valence electrons. The molecule has 1 atom stereocenters. The van der Waals surface area contributed by atoms with Crippen molar-refractivity contribution in [1.29, 1.82) is 5.26 Å². The first-order valence-corrected chi connectivity index (χ1v) is 5.94. The Morgan fingerprint density at radius 1 is 1.62 bits per heavy atom. The average molecular weight is 243 g/mol. The molecule has 1 rings (SSSR count). The lowest BCUT2D eigenvalue weighted by atomic mass is 10.4. The Morgan fingerprint density at radius 2 is 2.25 bits per heavy atom. The van der Waals surface area contributed by atoms with Crippen LogP contribution in [0.1, 0.15) is 23.9 Å². The summed E-state index contributed by atoms with van der Waals surface area (Å²) >= 11 is 0. The molecule has 1 N–H and O–H groups in total. The standard InChI is InChI=1S/C9H9NO5S/c1-2-6(5-10)16(13,14)8-4-3-7(15-8)9(11)12/h3-4,6H,2H2,1H3,(H,11,12). The highest BCUT2D eigenvalue weighted by atomic mass is 32.2. The maximum atomic E-state index is 11.7. The SMILES string of the molecule is CCC(C#N)S(=O)(=O)c1ccc(C(=O)O)o1. The summed E-state index contributed by atoms with van der Waals surface area (Å²) in [5.41, 5.74) is 0. The van der Waals surface area contributed by atoms with Gasteiger partial charge in [-0.2, -0.15) is 5.26 Å². The van der Waals surface area contributed by atoms with Crippen molar-refractivity contribution >= 4 is 15.8 Å². The number of rotatable bonds is 4. The topological polar surface area (TPSA) is 108 Å². The second kappa shape index (κ2) is 4.37. The minimum atomic E-state index is -3.90. The van der Waals surface area contributed by atoms with Gasteiger partial charge >= 0.3 is 5.97 Å². The van der Waals surface area contributed by atoms with Gasteiger partial charge in [0.1, 0.15) is 0 Å². The van der Waals surface area contributed by atoms with Crippen molar-refractivity contribution in [3.63, 3.8) is 0 Å². The molecule has 0 saturated carbocycles. The van der Waals surface area contributed by atoms with E-state index in [1.54, 1.807) is 13.0 Å². The van der Waals surface area contributed by atoms with Crippen molar-refractivity contribution in [2.45, 2.75) is 23.7 Å². The van der Waals surface area contributed by atoms with E-state index < -0.39 is 31.9 Å². The second-order valence-electron chi connectivity index (χ2n) is 2.99. The first-order valence-electron chi connectivity index (χ1n) is 4.40. The molecule has 16 heavy (non-hydrogen) atoms. The van der Waals surface area contributed by atoms with Crippen LogP contribution in [0.2, 0.25) is 0 Å². The fraction of sp³-hybridized carbons (Fsp3) is 0.333. The van der Waals surface area contributed by atoms with Crippen molar-refractivity contribution in [3.05, 3.63) is 17.9 Å². The third kappa shape index (κ3) is 2.06. The molecular weight excluding hydrogens is 234 g/mol. The molecule has 1 unspecified atom stereocenters. The molecule has 1 heterocycles. The Bertz CT molecular complexity index is 536. The van der Waals surface area contributed by atoms with Gasteiger partial charge in [-0.25, -0.2) is 13.2 Å². The first-order chi connectivity index (χ1) is 7.43. The van der Waals surface area contributed by atoms with Crippen LogP contribution in [0.5, 0.6) is 0 Å². The molecule has 0 fully saturated rings. The van der Waals surface area contributed by atoms with Crippen LogP contribution in [0, 0.1) is 11.3 Å². The van der Waals surface area contributed by atoms with E-state index in [0.29, 0.717) is 0 Å². The highest BCUT2D eigenvalue weighted by Crippen LogP contribution is 2.20. The molecule has 6 nitrogen and oxygen atoms in total. The summed E-state index contributed by atoms with van der Waals surface area (Å²) in [4.78, 5) is 10.5. The van der Waals surface area contributed by atoms with E-state index in [2.05, 4.69) is 4.42 Å². The Labute approximate surface area is 92.0 Å². The predicted molar refractivity (Wildman–Crippen MR) is 52.5 cm³/mol. The summed E-state index contributed by atoms with van der Waals surface area (Å²) in [5.74, 6) is -1.82. The lowest BCUT2D eigenvalue weighted by molar-refractivity contribution is 0.0656. The van der Waals surface area contributed by atoms with Crippen LogP contribution < -0.4 is 0 Å². The van der Waals surface area contributed by atoms with Crippen LogP contribution in [0.15, 0.2) is 21.6 Å². The molecule has 0 radical (unpaired) electrons. The van der Waals surface area contributed by atoms with Gasteiger partial charge in [-0.3, -0.25) is 0 Å². The van der Waals surface area contributed by atoms with Crippen LogP contribution in [0.3, 0.4) is 0 Å². The van der Waals surface area contributed by atoms with Crippen LogP contribution in [0.25, 0.3) is 0 Å². The number of aromatic carboxylic acids is 1. The molecule has 0 bridgehead atoms. The number of hydrogen-bond acceptors (Lipinski definition) is 5. The highest BCUT2D eigenvalue weighted by Gasteiger charge is 2.29. The Hall–Kier alpha value is -1.81.